The molecule has 0 aliphatic rings. The number of hydrogen-bond acceptors (Lipinski definition) is 8. The summed E-state index contributed by atoms with van der Waals surface area (Å²) in [7, 11) is 0. The molecular weight excluding hydrogens is 524 g/mol. The van der Waals surface area contributed by atoms with Gasteiger partial charge in [0.2, 0.25) is 0 Å². The van der Waals surface area contributed by atoms with Crippen LogP contribution in [0.15, 0.2) is 54.6 Å². The first-order valence-corrected chi connectivity index (χ1v) is 15.1. The zero-order valence-electron chi connectivity index (χ0n) is 24.9. The summed E-state index contributed by atoms with van der Waals surface area (Å²) in [5.41, 5.74) is 1.91. The molecule has 0 aliphatic carbocycles. The standard InChI is InChI=1S/C33H50O8/c1-2-3-4-5-6-8-11-30-14-16-32(17-15-30)40-28-26-38-24-22-36-20-18-35-19-21-37-23-25-39-27-29-41-33(34)31-12-9-7-10-13-31/h7,9-10,12-17H,2-6,8,11,18-29H2,1H3. The van der Waals surface area contributed by atoms with Gasteiger partial charge in [-0.15, -0.1) is 0 Å². The molecule has 230 valence electrons. The third-order valence-corrected chi connectivity index (χ3v) is 6.20. The molecule has 0 amide bonds. The average molecular weight is 575 g/mol. The van der Waals surface area contributed by atoms with E-state index in [9.17, 15) is 4.79 Å². The van der Waals surface area contributed by atoms with E-state index in [4.69, 9.17) is 33.2 Å². The van der Waals surface area contributed by atoms with Crippen molar-refractivity contribution in [2.45, 2.75) is 51.9 Å². The number of unbranched alkanes of at least 4 members (excludes halogenated alkanes) is 5. The summed E-state index contributed by atoms with van der Waals surface area (Å²) >= 11 is 0. The van der Waals surface area contributed by atoms with Crippen molar-refractivity contribution in [3.05, 3.63) is 65.7 Å². The molecule has 0 atom stereocenters. The van der Waals surface area contributed by atoms with Crippen molar-refractivity contribution >= 4 is 5.97 Å². The van der Waals surface area contributed by atoms with E-state index < -0.39 is 0 Å². The summed E-state index contributed by atoms with van der Waals surface area (Å²) < 4.78 is 38.3. The van der Waals surface area contributed by atoms with Crippen molar-refractivity contribution in [1.82, 2.24) is 0 Å². The number of ether oxygens (including phenoxy) is 7. The lowest BCUT2D eigenvalue weighted by atomic mass is 10.0. The maximum absolute atomic E-state index is 11.8. The number of hydrogen-bond donors (Lipinski definition) is 0. The number of aryl methyl sites for hydroxylation is 1. The molecule has 0 saturated carbocycles. The maximum atomic E-state index is 11.8. The van der Waals surface area contributed by atoms with Crippen LogP contribution in [0.1, 0.15) is 61.4 Å². The number of benzene rings is 2. The highest BCUT2D eigenvalue weighted by molar-refractivity contribution is 5.89. The van der Waals surface area contributed by atoms with Crippen LogP contribution < -0.4 is 4.74 Å². The Balaban J connectivity index is 1.26. The lowest BCUT2D eigenvalue weighted by Gasteiger charge is -2.09. The number of carbonyl (C=O) groups excluding carboxylic acids is 1. The SMILES string of the molecule is CCCCCCCCc1ccc(OCCOCCOCCOCCOCCOCCOC(=O)c2ccccc2)cc1. The summed E-state index contributed by atoms with van der Waals surface area (Å²) in [5, 5.41) is 0. The molecule has 0 heterocycles. The van der Waals surface area contributed by atoms with Gasteiger partial charge in [0.1, 0.15) is 19.0 Å². The van der Waals surface area contributed by atoms with Crippen LogP contribution in [0.4, 0.5) is 0 Å². The molecule has 41 heavy (non-hydrogen) atoms. The average Bonchev–Trinajstić information content (AvgIpc) is 3.01. The summed E-state index contributed by atoms with van der Waals surface area (Å²) in [6, 6.07) is 17.3. The van der Waals surface area contributed by atoms with Crippen molar-refractivity contribution in [2.24, 2.45) is 0 Å². The third kappa shape index (κ3) is 19.3. The second kappa shape index (κ2) is 25.2. The molecule has 2 aromatic rings. The van der Waals surface area contributed by atoms with E-state index in [1.165, 1.54) is 44.1 Å². The molecule has 0 bridgehead atoms. The van der Waals surface area contributed by atoms with Crippen molar-refractivity contribution in [3.63, 3.8) is 0 Å². The Morgan fingerprint density at radius 1 is 0.537 bits per heavy atom. The highest BCUT2D eigenvalue weighted by Crippen LogP contribution is 2.15. The van der Waals surface area contributed by atoms with E-state index in [0.717, 1.165) is 12.2 Å². The molecule has 0 spiro atoms. The van der Waals surface area contributed by atoms with Crippen LogP contribution >= 0.6 is 0 Å². The van der Waals surface area contributed by atoms with E-state index in [2.05, 4.69) is 19.1 Å². The van der Waals surface area contributed by atoms with Crippen molar-refractivity contribution in [2.75, 3.05) is 79.3 Å². The second-order valence-corrected chi connectivity index (χ2v) is 9.57. The van der Waals surface area contributed by atoms with Gasteiger partial charge < -0.3 is 33.2 Å². The lowest BCUT2D eigenvalue weighted by molar-refractivity contribution is -0.0163. The predicted molar refractivity (Wildman–Crippen MR) is 160 cm³/mol. The molecule has 0 aliphatic heterocycles. The Kier molecular flexibility index (Phi) is 21.4. The molecule has 8 nitrogen and oxygen atoms in total. The van der Waals surface area contributed by atoms with Gasteiger partial charge >= 0.3 is 5.97 Å². The Morgan fingerprint density at radius 3 is 1.59 bits per heavy atom. The molecule has 2 aromatic carbocycles. The van der Waals surface area contributed by atoms with Gasteiger partial charge in [0.25, 0.3) is 0 Å². The highest BCUT2D eigenvalue weighted by Gasteiger charge is 2.05. The first-order valence-electron chi connectivity index (χ1n) is 15.1. The number of rotatable bonds is 27. The van der Waals surface area contributed by atoms with Crippen molar-refractivity contribution < 1.29 is 38.0 Å². The highest BCUT2D eigenvalue weighted by atomic mass is 16.6. The predicted octanol–water partition coefficient (Wildman–Crippen LogP) is 5.91. The van der Waals surface area contributed by atoms with Crippen LogP contribution in [-0.4, -0.2) is 85.3 Å². The van der Waals surface area contributed by atoms with Crippen molar-refractivity contribution in [3.8, 4) is 5.75 Å². The van der Waals surface area contributed by atoms with Crippen LogP contribution in [0.25, 0.3) is 0 Å². The van der Waals surface area contributed by atoms with Gasteiger partial charge in [0.15, 0.2) is 0 Å². The summed E-state index contributed by atoms with van der Waals surface area (Å²) in [4.78, 5) is 11.8. The zero-order chi connectivity index (χ0) is 29.1. The van der Waals surface area contributed by atoms with Crippen LogP contribution in [0.3, 0.4) is 0 Å². The van der Waals surface area contributed by atoms with Crippen LogP contribution in [0, 0.1) is 0 Å². The molecule has 0 aromatic heterocycles. The fourth-order valence-electron chi connectivity index (χ4n) is 3.91. The van der Waals surface area contributed by atoms with Crippen LogP contribution in [-0.2, 0) is 34.8 Å². The lowest BCUT2D eigenvalue weighted by Crippen LogP contribution is -2.15. The van der Waals surface area contributed by atoms with E-state index in [1.54, 1.807) is 24.3 Å². The van der Waals surface area contributed by atoms with Gasteiger partial charge in [-0.25, -0.2) is 4.79 Å². The van der Waals surface area contributed by atoms with E-state index >= 15 is 0 Å². The Labute approximate surface area is 246 Å². The number of esters is 1. The molecule has 0 N–H and O–H groups in total. The van der Waals surface area contributed by atoms with E-state index in [-0.39, 0.29) is 12.6 Å². The van der Waals surface area contributed by atoms with Gasteiger partial charge in [0, 0.05) is 0 Å². The van der Waals surface area contributed by atoms with E-state index in [1.807, 2.05) is 18.2 Å². The first-order chi connectivity index (χ1) is 20.3. The maximum Gasteiger partial charge on any atom is 0.338 e. The Bertz CT molecular complexity index is 859. The normalized spacial score (nSPS) is 11.0. The van der Waals surface area contributed by atoms with Gasteiger partial charge in [-0.05, 0) is 42.7 Å². The Morgan fingerprint density at radius 2 is 1.02 bits per heavy atom. The fourth-order valence-corrected chi connectivity index (χ4v) is 3.91. The van der Waals surface area contributed by atoms with Crippen molar-refractivity contribution in [1.29, 1.82) is 0 Å². The summed E-state index contributed by atoms with van der Waals surface area (Å²) in [6.07, 6.45) is 9.08. The largest absolute Gasteiger partial charge is 0.491 e. The van der Waals surface area contributed by atoms with Gasteiger partial charge in [-0.1, -0.05) is 69.4 Å². The smallest absolute Gasteiger partial charge is 0.338 e. The molecule has 2 rings (SSSR count). The minimum atomic E-state index is -0.348. The Hall–Kier alpha value is -2.49. The summed E-state index contributed by atoms with van der Waals surface area (Å²) in [6.45, 7) is 7.77. The van der Waals surface area contributed by atoms with Gasteiger partial charge in [-0.3, -0.25) is 0 Å². The van der Waals surface area contributed by atoms with E-state index in [0.29, 0.717) is 78.2 Å². The molecule has 0 unspecified atom stereocenters. The zero-order valence-corrected chi connectivity index (χ0v) is 24.9. The third-order valence-electron chi connectivity index (χ3n) is 6.20. The molecule has 0 saturated heterocycles. The fraction of sp³-hybridized carbons (Fsp3) is 0.606. The molecule has 0 radical (unpaired) electrons. The topological polar surface area (TPSA) is 81.7 Å². The summed E-state index contributed by atoms with van der Waals surface area (Å²) in [5.74, 6) is 0.534. The monoisotopic (exact) mass is 574 g/mol. The van der Waals surface area contributed by atoms with Gasteiger partial charge in [-0.2, -0.15) is 0 Å². The minimum absolute atomic E-state index is 0.212. The molecule has 0 fully saturated rings. The molecular formula is C33H50O8. The first kappa shape index (κ1) is 34.7. The van der Waals surface area contributed by atoms with Crippen LogP contribution in [0.5, 0.6) is 5.75 Å². The number of carbonyl (C=O) groups is 1. The second-order valence-electron chi connectivity index (χ2n) is 9.57. The van der Waals surface area contributed by atoms with Crippen LogP contribution in [0.2, 0.25) is 0 Å². The van der Waals surface area contributed by atoms with Gasteiger partial charge in [0.05, 0.1) is 71.6 Å². The minimum Gasteiger partial charge on any atom is -0.491 e. The quantitative estimate of drug-likeness (QED) is 0.0963. The molecule has 8 heteroatoms.